The molecule has 0 bridgehead atoms. The van der Waals surface area contributed by atoms with Crippen LogP contribution in [0.2, 0.25) is 0 Å². The van der Waals surface area contributed by atoms with E-state index in [1.54, 1.807) is 0 Å². The van der Waals surface area contributed by atoms with E-state index >= 15 is 0 Å². The Bertz CT molecular complexity index is 561. The Morgan fingerprint density at radius 2 is 2.18 bits per heavy atom. The van der Waals surface area contributed by atoms with Crippen LogP contribution in [0.3, 0.4) is 0 Å². The molecule has 6 nitrogen and oxygen atoms in total. The average molecular weight is 300 g/mol. The molecule has 1 N–H and O–H groups in total. The van der Waals surface area contributed by atoms with Crippen LogP contribution in [0.1, 0.15) is 37.1 Å². The predicted octanol–water partition coefficient (Wildman–Crippen LogP) is 1.62. The maximum absolute atomic E-state index is 4.36. The molecule has 0 aliphatic carbocycles. The summed E-state index contributed by atoms with van der Waals surface area (Å²) >= 11 is 0. The molecule has 1 saturated heterocycles. The fraction of sp³-hybridized carbons (Fsp3) is 0.562. The van der Waals surface area contributed by atoms with Gasteiger partial charge in [-0.15, -0.1) is 5.10 Å². The summed E-state index contributed by atoms with van der Waals surface area (Å²) in [6.45, 7) is 7.02. The van der Waals surface area contributed by atoms with Crippen molar-refractivity contribution in [1.29, 1.82) is 0 Å². The molecule has 22 heavy (non-hydrogen) atoms. The topological polar surface area (TPSA) is 58.9 Å². The lowest BCUT2D eigenvalue weighted by Crippen LogP contribution is -2.29. The van der Waals surface area contributed by atoms with Crippen LogP contribution in [-0.2, 0) is 13.1 Å². The van der Waals surface area contributed by atoms with E-state index in [0.717, 1.165) is 51.3 Å². The van der Waals surface area contributed by atoms with Crippen molar-refractivity contribution in [3.8, 4) is 0 Å². The molecular formula is C16H24N6. The molecule has 118 valence electrons. The van der Waals surface area contributed by atoms with Crippen LogP contribution < -0.4 is 5.32 Å². The van der Waals surface area contributed by atoms with Gasteiger partial charge in [0.1, 0.15) is 0 Å². The van der Waals surface area contributed by atoms with E-state index in [4.69, 9.17) is 0 Å². The first-order valence-corrected chi connectivity index (χ1v) is 8.08. The molecule has 0 spiro atoms. The van der Waals surface area contributed by atoms with Crippen LogP contribution in [0.5, 0.6) is 0 Å². The molecule has 0 atom stereocenters. The summed E-state index contributed by atoms with van der Waals surface area (Å²) in [6, 6.07) is 4.59. The van der Waals surface area contributed by atoms with Crippen molar-refractivity contribution in [2.75, 3.05) is 19.6 Å². The SMILES string of the molecule is CCN(Cc1cccnc1)Cc1cn(C2CCNCC2)nn1. The second-order valence-electron chi connectivity index (χ2n) is 5.84. The first-order valence-electron chi connectivity index (χ1n) is 8.08. The first-order chi connectivity index (χ1) is 10.8. The van der Waals surface area contributed by atoms with Gasteiger partial charge in [0.25, 0.3) is 0 Å². The Balaban J connectivity index is 1.60. The maximum atomic E-state index is 4.36. The van der Waals surface area contributed by atoms with E-state index in [0.29, 0.717) is 6.04 Å². The number of nitrogens with zero attached hydrogens (tertiary/aromatic N) is 5. The predicted molar refractivity (Wildman–Crippen MR) is 85.2 cm³/mol. The molecule has 0 aromatic carbocycles. The lowest BCUT2D eigenvalue weighted by molar-refractivity contribution is 0.267. The van der Waals surface area contributed by atoms with Gasteiger partial charge in [-0.05, 0) is 44.1 Å². The van der Waals surface area contributed by atoms with E-state index in [1.165, 1.54) is 5.56 Å². The standard InChI is InChI=1S/C16H24N6/c1-2-21(11-14-4-3-7-18-10-14)12-15-13-22(20-19-15)16-5-8-17-9-6-16/h3-4,7,10,13,16-17H,2,5-6,8-9,11-12H2,1H3. The summed E-state index contributed by atoms with van der Waals surface area (Å²) in [4.78, 5) is 6.53. The summed E-state index contributed by atoms with van der Waals surface area (Å²) < 4.78 is 2.05. The normalized spacial score (nSPS) is 16.3. The Hall–Kier alpha value is -1.79. The molecule has 0 saturated carbocycles. The summed E-state index contributed by atoms with van der Waals surface area (Å²) in [5.41, 5.74) is 2.28. The third kappa shape index (κ3) is 3.90. The Kier molecular flexibility index (Phi) is 5.13. The Morgan fingerprint density at radius 3 is 2.91 bits per heavy atom. The van der Waals surface area contributed by atoms with E-state index in [1.807, 2.05) is 23.1 Å². The van der Waals surface area contributed by atoms with Gasteiger partial charge in [-0.3, -0.25) is 9.88 Å². The fourth-order valence-corrected chi connectivity index (χ4v) is 2.89. The van der Waals surface area contributed by atoms with E-state index in [9.17, 15) is 0 Å². The number of aromatic nitrogens is 4. The van der Waals surface area contributed by atoms with Crippen LogP contribution in [0, 0.1) is 0 Å². The Morgan fingerprint density at radius 1 is 1.32 bits per heavy atom. The third-order valence-electron chi connectivity index (χ3n) is 4.20. The van der Waals surface area contributed by atoms with Crippen molar-refractivity contribution in [3.05, 3.63) is 42.0 Å². The Labute approximate surface area is 131 Å². The van der Waals surface area contributed by atoms with Gasteiger partial charge in [-0.25, -0.2) is 4.68 Å². The number of pyridine rings is 1. The molecule has 0 amide bonds. The van der Waals surface area contributed by atoms with Gasteiger partial charge in [0.15, 0.2) is 0 Å². The van der Waals surface area contributed by atoms with Crippen molar-refractivity contribution in [2.24, 2.45) is 0 Å². The van der Waals surface area contributed by atoms with Crippen LogP contribution in [0.25, 0.3) is 0 Å². The lowest BCUT2D eigenvalue weighted by atomic mass is 10.1. The van der Waals surface area contributed by atoms with Crippen molar-refractivity contribution in [3.63, 3.8) is 0 Å². The van der Waals surface area contributed by atoms with Crippen LogP contribution >= 0.6 is 0 Å². The summed E-state index contributed by atoms with van der Waals surface area (Å²) in [6.07, 6.45) is 8.12. The zero-order valence-corrected chi connectivity index (χ0v) is 13.1. The molecule has 0 unspecified atom stereocenters. The van der Waals surface area contributed by atoms with Gasteiger partial charge in [0.2, 0.25) is 0 Å². The van der Waals surface area contributed by atoms with Crippen LogP contribution in [-0.4, -0.2) is 44.5 Å². The number of hydrogen-bond acceptors (Lipinski definition) is 5. The molecule has 1 aliphatic rings. The number of piperidine rings is 1. The summed E-state index contributed by atoms with van der Waals surface area (Å²) in [5.74, 6) is 0. The highest BCUT2D eigenvalue weighted by molar-refractivity contribution is 5.08. The van der Waals surface area contributed by atoms with Gasteiger partial charge in [-0.1, -0.05) is 18.2 Å². The van der Waals surface area contributed by atoms with Crippen LogP contribution in [0.15, 0.2) is 30.7 Å². The minimum absolute atomic E-state index is 0.496. The number of nitrogens with one attached hydrogen (secondary N) is 1. The van der Waals surface area contributed by atoms with Crippen LogP contribution in [0.4, 0.5) is 0 Å². The van der Waals surface area contributed by atoms with Crippen molar-refractivity contribution in [2.45, 2.75) is 38.9 Å². The maximum Gasteiger partial charge on any atom is 0.0967 e. The molecular weight excluding hydrogens is 276 g/mol. The molecule has 3 rings (SSSR count). The molecule has 1 aliphatic heterocycles. The number of rotatable bonds is 6. The summed E-state index contributed by atoms with van der Waals surface area (Å²) in [7, 11) is 0. The molecule has 2 aromatic heterocycles. The first kappa shape index (κ1) is 15.1. The monoisotopic (exact) mass is 300 g/mol. The molecule has 2 aromatic rings. The second kappa shape index (κ2) is 7.47. The summed E-state index contributed by atoms with van der Waals surface area (Å²) in [5, 5.41) is 12.1. The third-order valence-corrected chi connectivity index (χ3v) is 4.20. The quantitative estimate of drug-likeness (QED) is 0.878. The van der Waals surface area contributed by atoms with Crippen molar-refractivity contribution in [1.82, 2.24) is 30.2 Å². The largest absolute Gasteiger partial charge is 0.317 e. The van der Waals surface area contributed by atoms with Gasteiger partial charge >= 0.3 is 0 Å². The zero-order valence-electron chi connectivity index (χ0n) is 13.1. The van der Waals surface area contributed by atoms with Crippen molar-refractivity contribution < 1.29 is 0 Å². The minimum atomic E-state index is 0.496. The zero-order chi connectivity index (χ0) is 15.2. The van der Waals surface area contributed by atoms with Gasteiger partial charge in [0, 0.05) is 25.5 Å². The molecule has 1 fully saturated rings. The highest BCUT2D eigenvalue weighted by Gasteiger charge is 2.17. The molecule has 6 heteroatoms. The van der Waals surface area contributed by atoms with E-state index in [2.05, 4.69) is 44.7 Å². The van der Waals surface area contributed by atoms with Crippen molar-refractivity contribution >= 4 is 0 Å². The minimum Gasteiger partial charge on any atom is -0.317 e. The highest BCUT2D eigenvalue weighted by Crippen LogP contribution is 2.17. The fourth-order valence-electron chi connectivity index (χ4n) is 2.89. The molecule has 3 heterocycles. The van der Waals surface area contributed by atoms with Gasteiger partial charge < -0.3 is 5.32 Å². The van der Waals surface area contributed by atoms with E-state index in [-0.39, 0.29) is 0 Å². The lowest BCUT2D eigenvalue weighted by Gasteiger charge is -2.22. The second-order valence-corrected chi connectivity index (χ2v) is 5.84. The average Bonchev–Trinajstić information content (AvgIpc) is 3.04. The molecule has 0 radical (unpaired) electrons. The smallest absolute Gasteiger partial charge is 0.0967 e. The van der Waals surface area contributed by atoms with Gasteiger partial charge in [0.05, 0.1) is 17.9 Å². The number of hydrogen-bond donors (Lipinski definition) is 1. The highest BCUT2D eigenvalue weighted by atomic mass is 15.4. The van der Waals surface area contributed by atoms with E-state index < -0.39 is 0 Å². The van der Waals surface area contributed by atoms with Gasteiger partial charge in [-0.2, -0.15) is 0 Å².